The van der Waals surface area contributed by atoms with E-state index in [1.807, 2.05) is 30.9 Å². The largest absolute Gasteiger partial charge is 0.496 e. The van der Waals surface area contributed by atoms with E-state index in [0.29, 0.717) is 0 Å². The predicted octanol–water partition coefficient (Wildman–Crippen LogP) is 4.00. The Kier molecular flexibility index (Phi) is 5.73. The first-order valence-electron chi connectivity index (χ1n) is 9.45. The number of thiazole rings is 1. The Balaban J connectivity index is 1.53. The number of ether oxygens (including phenoxy) is 1. The summed E-state index contributed by atoms with van der Waals surface area (Å²) in [5.74, 6) is 0.938. The third-order valence-electron chi connectivity index (χ3n) is 4.97. The van der Waals surface area contributed by atoms with Crippen molar-refractivity contribution in [2.24, 2.45) is 0 Å². The van der Waals surface area contributed by atoms with Crippen molar-refractivity contribution in [1.82, 2.24) is 23.8 Å². The second-order valence-electron chi connectivity index (χ2n) is 6.88. The molecule has 0 amide bonds. The summed E-state index contributed by atoms with van der Waals surface area (Å²) >= 11 is 1.68. The van der Waals surface area contributed by atoms with Crippen molar-refractivity contribution in [2.75, 3.05) is 13.7 Å². The highest BCUT2D eigenvalue weighted by Crippen LogP contribution is 2.23. The zero-order chi connectivity index (χ0) is 19.3. The molecular formula is C21H25N5OS. The number of nitrogens with zero attached hydrogens (tertiary/aromatic N) is 5. The summed E-state index contributed by atoms with van der Waals surface area (Å²) in [4.78, 5) is 12.4. The van der Waals surface area contributed by atoms with E-state index < -0.39 is 0 Å². The van der Waals surface area contributed by atoms with Gasteiger partial charge in [0.1, 0.15) is 5.75 Å². The van der Waals surface area contributed by atoms with Crippen LogP contribution in [0.4, 0.5) is 0 Å². The van der Waals surface area contributed by atoms with Crippen LogP contribution in [0, 0.1) is 6.92 Å². The van der Waals surface area contributed by atoms with Gasteiger partial charge >= 0.3 is 0 Å². The SMILES string of the molecule is COc1ccccc1CN(CCCn1ccnc1)Cc1c(C)nc2sccn12. The fourth-order valence-electron chi connectivity index (χ4n) is 3.53. The zero-order valence-electron chi connectivity index (χ0n) is 16.3. The predicted molar refractivity (Wildman–Crippen MR) is 112 cm³/mol. The molecule has 0 aliphatic carbocycles. The molecule has 1 aromatic carbocycles. The Morgan fingerprint density at radius 3 is 2.89 bits per heavy atom. The molecule has 0 N–H and O–H groups in total. The first kappa shape index (κ1) is 18.7. The minimum absolute atomic E-state index is 0.838. The number of benzene rings is 1. The van der Waals surface area contributed by atoms with E-state index >= 15 is 0 Å². The van der Waals surface area contributed by atoms with E-state index in [-0.39, 0.29) is 0 Å². The van der Waals surface area contributed by atoms with Crippen molar-refractivity contribution in [2.45, 2.75) is 33.0 Å². The molecule has 4 aromatic rings. The van der Waals surface area contributed by atoms with Crippen molar-refractivity contribution in [3.63, 3.8) is 0 Å². The van der Waals surface area contributed by atoms with Gasteiger partial charge in [-0.2, -0.15) is 0 Å². The molecule has 0 saturated heterocycles. The molecule has 0 radical (unpaired) electrons. The summed E-state index contributed by atoms with van der Waals surface area (Å²) < 4.78 is 9.91. The van der Waals surface area contributed by atoms with Crippen molar-refractivity contribution in [3.05, 3.63) is 71.5 Å². The van der Waals surface area contributed by atoms with Crippen LogP contribution in [0.5, 0.6) is 5.75 Å². The molecule has 0 fully saturated rings. The van der Waals surface area contributed by atoms with Crippen LogP contribution in [-0.2, 0) is 19.6 Å². The van der Waals surface area contributed by atoms with Crippen molar-refractivity contribution >= 4 is 16.3 Å². The van der Waals surface area contributed by atoms with E-state index in [1.54, 1.807) is 18.4 Å². The molecule has 7 heteroatoms. The maximum Gasteiger partial charge on any atom is 0.194 e. The lowest BCUT2D eigenvalue weighted by molar-refractivity contribution is 0.241. The van der Waals surface area contributed by atoms with Gasteiger partial charge in [0, 0.05) is 55.7 Å². The molecule has 0 saturated carbocycles. The van der Waals surface area contributed by atoms with Gasteiger partial charge in [-0.25, -0.2) is 9.97 Å². The van der Waals surface area contributed by atoms with E-state index in [9.17, 15) is 0 Å². The number of rotatable bonds is 9. The van der Waals surface area contributed by atoms with Crippen LogP contribution in [0.15, 0.2) is 54.6 Å². The number of hydrogen-bond donors (Lipinski definition) is 0. The summed E-state index contributed by atoms with van der Waals surface area (Å²) in [5, 5.41) is 2.09. The van der Waals surface area contributed by atoms with Crippen LogP contribution in [0.25, 0.3) is 4.96 Å². The molecule has 3 aromatic heterocycles. The summed E-state index contributed by atoms with van der Waals surface area (Å²) in [5.41, 5.74) is 3.57. The van der Waals surface area contributed by atoms with Gasteiger partial charge in [0.05, 0.1) is 24.8 Å². The molecule has 3 heterocycles. The molecule has 4 rings (SSSR count). The van der Waals surface area contributed by atoms with Gasteiger partial charge in [-0.05, 0) is 19.4 Å². The van der Waals surface area contributed by atoms with Gasteiger partial charge in [0.15, 0.2) is 4.96 Å². The normalized spacial score (nSPS) is 11.5. The van der Waals surface area contributed by atoms with Crippen LogP contribution in [0.2, 0.25) is 0 Å². The number of aryl methyl sites for hydroxylation is 2. The average Bonchev–Trinajstić information content (AvgIpc) is 3.42. The average molecular weight is 396 g/mol. The highest BCUT2D eigenvalue weighted by atomic mass is 32.1. The lowest BCUT2D eigenvalue weighted by Crippen LogP contribution is -2.26. The highest BCUT2D eigenvalue weighted by Gasteiger charge is 2.16. The topological polar surface area (TPSA) is 47.6 Å². The summed E-state index contributed by atoms with van der Waals surface area (Å²) in [7, 11) is 1.73. The number of para-hydroxylation sites is 1. The number of imidazole rings is 2. The van der Waals surface area contributed by atoms with Crippen molar-refractivity contribution in [3.8, 4) is 5.75 Å². The fraction of sp³-hybridized carbons (Fsp3) is 0.333. The smallest absolute Gasteiger partial charge is 0.194 e. The molecule has 0 spiro atoms. The summed E-state index contributed by atoms with van der Waals surface area (Å²) in [6.45, 7) is 5.73. The minimum atomic E-state index is 0.838. The van der Waals surface area contributed by atoms with Crippen molar-refractivity contribution < 1.29 is 4.74 Å². The first-order chi connectivity index (χ1) is 13.7. The molecule has 28 heavy (non-hydrogen) atoms. The van der Waals surface area contributed by atoms with Gasteiger partial charge < -0.3 is 9.30 Å². The highest BCUT2D eigenvalue weighted by molar-refractivity contribution is 7.15. The minimum Gasteiger partial charge on any atom is -0.496 e. The first-order valence-corrected chi connectivity index (χ1v) is 10.3. The van der Waals surface area contributed by atoms with Gasteiger partial charge in [0.2, 0.25) is 0 Å². The van der Waals surface area contributed by atoms with Crippen LogP contribution >= 0.6 is 11.3 Å². The maximum absolute atomic E-state index is 5.57. The molecule has 0 bridgehead atoms. The maximum atomic E-state index is 5.57. The third-order valence-corrected chi connectivity index (χ3v) is 5.73. The zero-order valence-corrected chi connectivity index (χ0v) is 17.1. The molecule has 0 atom stereocenters. The number of fused-ring (bicyclic) bond motifs is 1. The lowest BCUT2D eigenvalue weighted by Gasteiger charge is -2.23. The molecule has 0 unspecified atom stereocenters. The monoisotopic (exact) mass is 395 g/mol. The Bertz CT molecular complexity index is 1020. The van der Waals surface area contributed by atoms with E-state index in [0.717, 1.165) is 49.0 Å². The van der Waals surface area contributed by atoms with E-state index in [2.05, 4.69) is 49.5 Å². The number of aromatic nitrogens is 4. The van der Waals surface area contributed by atoms with Crippen LogP contribution in [-0.4, -0.2) is 37.5 Å². The van der Waals surface area contributed by atoms with Crippen LogP contribution < -0.4 is 4.74 Å². The Morgan fingerprint density at radius 1 is 1.18 bits per heavy atom. The van der Waals surface area contributed by atoms with Crippen LogP contribution in [0.3, 0.4) is 0 Å². The van der Waals surface area contributed by atoms with Crippen molar-refractivity contribution in [1.29, 1.82) is 0 Å². The van der Waals surface area contributed by atoms with E-state index in [4.69, 9.17) is 9.72 Å². The second kappa shape index (κ2) is 8.58. The molecule has 146 valence electrons. The lowest BCUT2D eigenvalue weighted by atomic mass is 10.1. The molecule has 0 aliphatic heterocycles. The Morgan fingerprint density at radius 2 is 2.07 bits per heavy atom. The number of methoxy groups -OCH3 is 1. The number of hydrogen-bond acceptors (Lipinski definition) is 5. The van der Waals surface area contributed by atoms with Crippen LogP contribution in [0.1, 0.15) is 23.4 Å². The Hall–Kier alpha value is -2.64. The molecule has 6 nitrogen and oxygen atoms in total. The van der Waals surface area contributed by atoms with Gasteiger partial charge in [-0.15, -0.1) is 11.3 Å². The summed E-state index contributed by atoms with van der Waals surface area (Å²) in [6.07, 6.45) is 8.88. The molecule has 0 aliphatic rings. The molecular weight excluding hydrogens is 370 g/mol. The Labute approximate surface area is 169 Å². The van der Waals surface area contributed by atoms with E-state index in [1.165, 1.54) is 11.3 Å². The van der Waals surface area contributed by atoms with Gasteiger partial charge in [-0.1, -0.05) is 18.2 Å². The van der Waals surface area contributed by atoms with Gasteiger partial charge in [0.25, 0.3) is 0 Å². The standard InChI is InChI=1S/C21H25N5OS/c1-17-19(26-12-13-28-21(26)23-17)15-25(10-5-9-24-11-8-22-16-24)14-18-6-3-4-7-20(18)27-2/h3-4,6-8,11-13,16H,5,9-10,14-15H2,1-2H3. The summed E-state index contributed by atoms with van der Waals surface area (Å²) in [6, 6.07) is 8.26. The fourth-order valence-corrected chi connectivity index (χ4v) is 4.31. The van der Waals surface area contributed by atoms with Gasteiger partial charge in [-0.3, -0.25) is 9.30 Å². The third kappa shape index (κ3) is 4.10. The quantitative estimate of drug-likeness (QED) is 0.430. The second-order valence-corrected chi connectivity index (χ2v) is 7.75.